The molecule has 0 heterocycles. The van der Waals surface area contributed by atoms with Crippen molar-refractivity contribution >= 4 is 23.7 Å². The van der Waals surface area contributed by atoms with Crippen LogP contribution in [0, 0.1) is 0 Å². The van der Waals surface area contributed by atoms with E-state index in [2.05, 4.69) is 22.9 Å². The molecule has 0 saturated heterocycles. The third-order valence-electron chi connectivity index (χ3n) is 6.71. The Morgan fingerprint density at radius 3 is 1.77 bits per heavy atom. The quantitative estimate of drug-likeness (QED) is 0.0969. The van der Waals surface area contributed by atoms with Gasteiger partial charge in [0.2, 0.25) is 17.7 Å². The molecule has 1 atom stereocenters. The van der Waals surface area contributed by atoms with E-state index < -0.39 is 12.0 Å². The second-order valence-corrected chi connectivity index (χ2v) is 10.4. The minimum absolute atomic E-state index is 0.00179. The van der Waals surface area contributed by atoms with E-state index in [1.54, 1.807) is 7.05 Å². The summed E-state index contributed by atoms with van der Waals surface area (Å²) in [6.07, 6.45) is 17.8. The van der Waals surface area contributed by atoms with E-state index in [4.69, 9.17) is 9.47 Å². The van der Waals surface area contributed by atoms with Crippen molar-refractivity contribution in [3.05, 3.63) is 0 Å². The summed E-state index contributed by atoms with van der Waals surface area (Å²) in [5.41, 5.74) is 0. The number of ether oxygens (including phenoxy) is 2. The van der Waals surface area contributed by atoms with Crippen LogP contribution in [-0.4, -0.2) is 74.9 Å². The first-order valence-corrected chi connectivity index (χ1v) is 15.6. The monoisotopic (exact) mass is 571 g/mol. The van der Waals surface area contributed by atoms with Gasteiger partial charge in [-0.05, 0) is 25.7 Å². The van der Waals surface area contributed by atoms with Crippen molar-refractivity contribution in [2.75, 3.05) is 40.0 Å². The van der Waals surface area contributed by atoms with Crippen LogP contribution in [0.15, 0.2) is 0 Å². The molecule has 0 radical (unpaired) electrons. The Hall–Kier alpha value is -2.20. The summed E-state index contributed by atoms with van der Waals surface area (Å²) in [6, 6.07) is -0.971. The summed E-state index contributed by atoms with van der Waals surface area (Å²) in [5, 5.41) is 17.3. The zero-order valence-electron chi connectivity index (χ0n) is 25.2. The smallest absolute Gasteiger partial charge is 0.326 e. The lowest BCUT2D eigenvalue weighted by Crippen LogP contribution is -2.40. The van der Waals surface area contributed by atoms with Gasteiger partial charge < -0.3 is 30.5 Å². The number of nitrogens with one attached hydrogen (secondary N) is 3. The molecule has 3 amide bonds. The van der Waals surface area contributed by atoms with Gasteiger partial charge in [0.1, 0.15) is 12.6 Å². The Morgan fingerprint density at radius 2 is 1.20 bits per heavy atom. The van der Waals surface area contributed by atoms with Gasteiger partial charge in [-0.25, -0.2) is 4.79 Å². The van der Waals surface area contributed by atoms with Crippen LogP contribution in [0.1, 0.15) is 122 Å². The van der Waals surface area contributed by atoms with Crippen molar-refractivity contribution in [2.45, 2.75) is 129 Å². The van der Waals surface area contributed by atoms with E-state index in [1.165, 1.54) is 64.2 Å². The molecule has 234 valence electrons. The van der Waals surface area contributed by atoms with E-state index in [0.29, 0.717) is 45.6 Å². The molecule has 0 aliphatic heterocycles. The largest absolute Gasteiger partial charge is 0.480 e. The number of aliphatic carboxylic acids is 1. The Labute approximate surface area is 242 Å². The molecule has 10 nitrogen and oxygen atoms in total. The van der Waals surface area contributed by atoms with Crippen LogP contribution >= 0.6 is 0 Å². The zero-order chi connectivity index (χ0) is 29.7. The van der Waals surface area contributed by atoms with E-state index >= 15 is 0 Å². The highest BCUT2D eigenvalue weighted by atomic mass is 16.5. The minimum atomic E-state index is -1.07. The van der Waals surface area contributed by atoms with E-state index in [0.717, 1.165) is 19.3 Å². The fourth-order valence-corrected chi connectivity index (χ4v) is 4.24. The highest BCUT2D eigenvalue weighted by molar-refractivity contribution is 5.83. The van der Waals surface area contributed by atoms with Crippen LogP contribution in [0.5, 0.6) is 0 Å². The standard InChI is InChI=1S/C30H57N3O7/c1-3-4-5-6-7-8-9-10-11-12-13-14-15-19-28(35)33-26(30(37)38)18-16-20-27(34)32-21-17-22-39-23-24-40-25-29(36)31-2/h26H,3-25H2,1-2H3,(H,31,36)(H,32,34)(H,33,35)(H,37,38). The first kappa shape index (κ1) is 37.8. The van der Waals surface area contributed by atoms with E-state index in [9.17, 15) is 24.3 Å². The maximum Gasteiger partial charge on any atom is 0.326 e. The van der Waals surface area contributed by atoms with Crippen LogP contribution in [0.25, 0.3) is 0 Å². The van der Waals surface area contributed by atoms with Crippen molar-refractivity contribution in [1.82, 2.24) is 16.0 Å². The fourth-order valence-electron chi connectivity index (χ4n) is 4.24. The van der Waals surface area contributed by atoms with Crippen molar-refractivity contribution in [2.24, 2.45) is 0 Å². The lowest BCUT2D eigenvalue weighted by molar-refractivity contribution is -0.142. The number of likely N-dealkylation sites (N-methyl/N-ethyl adjacent to an activating group) is 1. The summed E-state index contributed by atoms with van der Waals surface area (Å²) < 4.78 is 10.5. The second-order valence-electron chi connectivity index (χ2n) is 10.4. The highest BCUT2D eigenvalue weighted by Crippen LogP contribution is 2.13. The Kier molecular flexibility index (Phi) is 26.8. The molecule has 0 aliphatic carbocycles. The maximum absolute atomic E-state index is 12.2. The minimum Gasteiger partial charge on any atom is -0.480 e. The summed E-state index contributed by atoms with van der Waals surface area (Å²) >= 11 is 0. The molecule has 0 aliphatic rings. The summed E-state index contributed by atoms with van der Waals surface area (Å²) in [5.74, 6) is -1.66. The second kappa shape index (κ2) is 28.3. The van der Waals surface area contributed by atoms with Gasteiger partial charge in [-0.3, -0.25) is 14.4 Å². The molecule has 0 saturated carbocycles. The summed E-state index contributed by atoms with van der Waals surface area (Å²) in [6.45, 7) is 3.84. The Bertz CT molecular complexity index is 661. The number of carbonyl (C=O) groups is 4. The van der Waals surface area contributed by atoms with Crippen molar-refractivity contribution in [1.29, 1.82) is 0 Å². The first-order valence-electron chi connectivity index (χ1n) is 15.6. The van der Waals surface area contributed by atoms with E-state index in [-0.39, 0.29) is 37.2 Å². The molecule has 0 rings (SSSR count). The zero-order valence-corrected chi connectivity index (χ0v) is 25.2. The molecule has 4 N–H and O–H groups in total. The first-order chi connectivity index (χ1) is 19.4. The van der Waals surface area contributed by atoms with Crippen LogP contribution in [0.3, 0.4) is 0 Å². The lowest BCUT2D eigenvalue weighted by atomic mass is 10.0. The van der Waals surface area contributed by atoms with Gasteiger partial charge in [0.15, 0.2) is 0 Å². The van der Waals surface area contributed by atoms with Gasteiger partial charge in [-0.2, -0.15) is 0 Å². The molecule has 0 bridgehead atoms. The van der Waals surface area contributed by atoms with Gasteiger partial charge in [-0.1, -0.05) is 84.0 Å². The SMILES string of the molecule is CCCCCCCCCCCCCCCC(=O)NC(CCCC(=O)NCCCOCCOCC(=O)NC)C(=O)O. The number of hydrogen-bond acceptors (Lipinski definition) is 6. The van der Waals surface area contributed by atoms with Gasteiger partial charge in [-0.15, -0.1) is 0 Å². The maximum atomic E-state index is 12.2. The van der Waals surface area contributed by atoms with Gasteiger partial charge in [0.05, 0.1) is 13.2 Å². The number of carboxylic acids is 1. The lowest BCUT2D eigenvalue weighted by Gasteiger charge is -2.14. The van der Waals surface area contributed by atoms with Crippen molar-refractivity contribution < 1.29 is 33.8 Å². The molecular weight excluding hydrogens is 514 g/mol. The van der Waals surface area contributed by atoms with Gasteiger partial charge >= 0.3 is 5.97 Å². The number of rotatable bonds is 29. The normalized spacial score (nSPS) is 11.7. The highest BCUT2D eigenvalue weighted by Gasteiger charge is 2.19. The average Bonchev–Trinajstić information content (AvgIpc) is 2.93. The number of amides is 3. The van der Waals surface area contributed by atoms with Crippen LogP contribution in [0.2, 0.25) is 0 Å². The molecule has 0 aromatic heterocycles. The average molecular weight is 572 g/mol. The fraction of sp³-hybridized carbons (Fsp3) is 0.867. The summed E-state index contributed by atoms with van der Waals surface area (Å²) in [4.78, 5) is 46.7. The van der Waals surface area contributed by atoms with Crippen LogP contribution in [0.4, 0.5) is 0 Å². The predicted octanol–water partition coefficient (Wildman–Crippen LogP) is 4.49. The molecular formula is C30H57N3O7. The summed E-state index contributed by atoms with van der Waals surface area (Å²) in [7, 11) is 1.54. The Morgan fingerprint density at radius 1 is 0.650 bits per heavy atom. The molecule has 0 aromatic carbocycles. The topological polar surface area (TPSA) is 143 Å². The molecule has 40 heavy (non-hydrogen) atoms. The van der Waals surface area contributed by atoms with Crippen molar-refractivity contribution in [3.8, 4) is 0 Å². The molecule has 1 unspecified atom stereocenters. The number of carboxylic acid groups (broad SMARTS) is 1. The van der Waals surface area contributed by atoms with Gasteiger partial charge in [0, 0.05) is 33.0 Å². The molecule has 0 aromatic rings. The van der Waals surface area contributed by atoms with Crippen LogP contribution in [-0.2, 0) is 28.7 Å². The predicted molar refractivity (Wildman–Crippen MR) is 157 cm³/mol. The number of unbranched alkanes of at least 4 members (excludes halogenated alkanes) is 12. The number of carbonyl (C=O) groups excluding carboxylic acids is 3. The molecule has 0 fully saturated rings. The van der Waals surface area contributed by atoms with Gasteiger partial charge in [0.25, 0.3) is 0 Å². The van der Waals surface area contributed by atoms with Crippen molar-refractivity contribution in [3.63, 3.8) is 0 Å². The number of hydrogen-bond donors (Lipinski definition) is 4. The Balaban J connectivity index is 3.69. The molecule has 10 heteroatoms. The van der Waals surface area contributed by atoms with Crippen LogP contribution < -0.4 is 16.0 Å². The van der Waals surface area contributed by atoms with E-state index in [1.807, 2.05) is 0 Å². The molecule has 0 spiro atoms. The third-order valence-corrected chi connectivity index (χ3v) is 6.71. The third kappa shape index (κ3) is 26.0.